The average Bonchev–Trinajstić information content (AvgIpc) is 2.77. The quantitative estimate of drug-likeness (QED) is 0.871. The van der Waals surface area contributed by atoms with E-state index in [2.05, 4.69) is 4.98 Å². The van der Waals surface area contributed by atoms with Crippen molar-refractivity contribution in [3.63, 3.8) is 0 Å². The summed E-state index contributed by atoms with van der Waals surface area (Å²) in [6.07, 6.45) is 5.67. The fourth-order valence-electron chi connectivity index (χ4n) is 2.72. The van der Waals surface area contributed by atoms with Gasteiger partial charge in [-0.2, -0.15) is 4.31 Å². The standard InChI is InChI=1S/C16H20N2O3S/c1-13-17-16(12-21-13)14-6-8-15(9-7-14)22(19,20)18-10-4-2-3-5-11-18/h6-9,12H,2-5,10-11H2,1H3. The topological polar surface area (TPSA) is 63.4 Å². The molecule has 0 amide bonds. The summed E-state index contributed by atoms with van der Waals surface area (Å²) in [5.41, 5.74) is 1.57. The Morgan fingerprint density at radius 3 is 2.23 bits per heavy atom. The van der Waals surface area contributed by atoms with Crippen LogP contribution >= 0.6 is 0 Å². The fraction of sp³-hybridized carbons (Fsp3) is 0.438. The van der Waals surface area contributed by atoms with Crippen LogP contribution in [0.25, 0.3) is 11.3 Å². The van der Waals surface area contributed by atoms with Gasteiger partial charge in [-0.15, -0.1) is 0 Å². The number of hydrogen-bond donors (Lipinski definition) is 0. The molecule has 2 aromatic rings. The van der Waals surface area contributed by atoms with Gasteiger partial charge in [0.25, 0.3) is 0 Å². The molecule has 0 N–H and O–H groups in total. The Morgan fingerprint density at radius 2 is 1.68 bits per heavy atom. The third kappa shape index (κ3) is 3.08. The van der Waals surface area contributed by atoms with Crippen LogP contribution in [0.5, 0.6) is 0 Å². The molecule has 0 spiro atoms. The third-order valence-electron chi connectivity index (χ3n) is 3.97. The van der Waals surface area contributed by atoms with Gasteiger partial charge in [-0.25, -0.2) is 13.4 Å². The summed E-state index contributed by atoms with van der Waals surface area (Å²) in [6.45, 7) is 3.01. The third-order valence-corrected chi connectivity index (χ3v) is 5.88. The van der Waals surface area contributed by atoms with Gasteiger partial charge in [0, 0.05) is 25.6 Å². The maximum absolute atomic E-state index is 12.7. The summed E-state index contributed by atoms with van der Waals surface area (Å²) in [6, 6.07) is 6.86. The average molecular weight is 320 g/mol. The lowest BCUT2D eigenvalue weighted by Crippen LogP contribution is -2.31. The Bertz CT molecular complexity index is 727. The second kappa shape index (κ2) is 6.22. The Kier molecular flexibility index (Phi) is 4.31. The Balaban J connectivity index is 1.85. The number of benzene rings is 1. The highest BCUT2D eigenvalue weighted by Gasteiger charge is 2.25. The molecule has 0 unspecified atom stereocenters. The highest BCUT2D eigenvalue weighted by molar-refractivity contribution is 7.89. The molecule has 2 heterocycles. The van der Waals surface area contributed by atoms with Crippen LogP contribution in [0.4, 0.5) is 0 Å². The lowest BCUT2D eigenvalue weighted by atomic mass is 10.2. The van der Waals surface area contributed by atoms with Crippen LogP contribution in [0.2, 0.25) is 0 Å². The van der Waals surface area contributed by atoms with Crippen LogP contribution in [-0.2, 0) is 10.0 Å². The Hall–Kier alpha value is -1.66. The number of hydrogen-bond acceptors (Lipinski definition) is 4. The van der Waals surface area contributed by atoms with E-state index in [9.17, 15) is 8.42 Å². The van der Waals surface area contributed by atoms with Gasteiger partial charge >= 0.3 is 0 Å². The molecule has 3 rings (SSSR count). The lowest BCUT2D eigenvalue weighted by Gasteiger charge is -2.19. The zero-order valence-corrected chi connectivity index (χ0v) is 13.5. The molecule has 0 saturated carbocycles. The van der Waals surface area contributed by atoms with E-state index in [4.69, 9.17) is 4.42 Å². The van der Waals surface area contributed by atoms with E-state index < -0.39 is 10.0 Å². The van der Waals surface area contributed by atoms with Crippen molar-refractivity contribution in [2.24, 2.45) is 0 Å². The van der Waals surface area contributed by atoms with Crippen LogP contribution < -0.4 is 0 Å². The molecular formula is C16H20N2O3S. The first-order valence-electron chi connectivity index (χ1n) is 7.60. The van der Waals surface area contributed by atoms with E-state index >= 15 is 0 Å². The summed E-state index contributed by atoms with van der Waals surface area (Å²) >= 11 is 0. The number of nitrogens with zero attached hydrogens (tertiary/aromatic N) is 2. The molecule has 0 aliphatic carbocycles. The second-order valence-electron chi connectivity index (χ2n) is 5.59. The molecule has 1 aromatic carbocycles. The molecular weight excluding hydrogens is 300 g/mol. The maximum Gasteiger partial charge on any atom is 0.243 e. The van der Waals surface area contributed by atoms with Crippen LogP contribution in [0.1, 0.15) is 31.6 Å². The molecule has 6 heteroatoms. The normalized spacial score (nSPS) is 17.3. The fourth-order valence-corrected chi connectivity index (χ4v) is 4.24. The summed E-state index contributed by atoms with van der Waals surface area (Å²) in [5.74, 6) is 0.594. The molecule has 118 valence electrons. The van der Waals surface area contributed by atoms with Gasteiger partial charge < -0.3 is 4.42 Å². The van der Waals surface area contributed by atoms with Gasteiger partial charge in [-0.05, 0) is 25.0 Å². The highest BCUT2D eigenvalue weighted by Crippen LogP contribution is 2.24. The van der Waals surface area contributed by atoms with E-state index in [1.54, 1.807) is 41.8 Å². The monoisotopic (exact) mass is 320 g/mol. The zero-order chi connectivity index (χ0) is 15.6. The first-order chi connectivity index (χ1) is 10.6. The van der Waals surface area contributed by atoms with E-state index in [0.29, 0.717) is 23.9 Å². The SMILES string of the molecule is Cc1nc(-c2ccc(S(=O)(=O)N3CCCCCC3)cc2)co1. The van der Waals surface area contributed by atoms with Gasteiger partial charge in [-0.3, -0.25) is 0 Å². The van der Waals surface area contributed by atoms with Gasteiger partial charge in [0.05, 0.1) is 4.90 Å². The Labute approximate surface area is 131 Å². The first-order valence-corrected chi connectivity index (χ1v) is 9.04. The largest absolute Gasteiger partial charge is 0.449 e. The summed E-state index contributed by atoms with van der Waals surface area (Å²) in [5, 5.41) is 0. The molecule has 1 fully saturated rings. The smallest absolute Gasteiger partial charge is 0.243 e. The molecule has 1 aromatic heterocycles. The second-order valence-corrected chi connectivity index (χ2v) is 7.53. The van der Waals surface area contributed by atoms with Crippen molar-refractivity contribution >= 4 is 10.0 Å². The minimum atomic E-state index is -3.39. The van der Waals surface area contributed by atoms with Crippen LogP contribution in [0.3, 0.4) is 0 Å². The molecule has 0 radical (unpaired) electrons. The summed E-state index contributed by atoms with van der Waals surface area (Å²) in [4.78, 5) is 4.59. The minimum absolute atomic E-state index is 0.346. The maximum atomic E-state index is 12.7. The van der Waals surface area contributed by atoms with Crippen LogP contribution in [0, 0.1) is 6.92 Å². The summed E-state index contributed by atoms with van der Waals surface area (Å²) in [7, 11) is -3.39. The minimum Gasteiger partial charge on any atom is -0.449 e. The number of rotatable bonds is 3. The van der Waals surface area contributed by atoms with E-state index in [-0.39, 0.29) is 0 Å². The number of sulfonamides is 1. The van der Waals surface area contributed by atoms with Crippen molar-refractivity contribution in [3.8, 4) is 11.3 Å². The predicted molar refractivity (Wildman–Crippen MR) is 83.9 cm³/mol. The molecule has 0 atom stereocenters. The molecule has 0 bridgehead atoms. The van der Waals surface area contributed by atoms with E-state index in [0.717, 1.165) is 36.9 Å². The van der Waals surface area contributed by atoms with Crippen molar-refractivity contribution in [2.75, 3.05) is 13.1 Å². The van der Waals surface area contributed by atoms with Gasteiger partial charge in [0.2, 0.25) is 10.0 Å². The first kappa shape index (κ1) is 15.2. The van der Waals surface area contributed by atoms with E-state index in [1.165, 1.54) is 0 Å². The predicted octanol–water partition coefficient (Wildman–Crippen LogP) is 3.21. The number of oxazole rings is 1. The number of aromatic nitrogens is 1. The van der Waals surface area contributed by atoms with Gasteiger partial charge in [0.1, 0.15) is 12.0 Å². The molecule has 1 aliphatic heterocycles. The zero-order valence-electron chi connectivity index (χ0n) is 12.7. The van der Waals surface area contributed by atoms with Crippen LogP contribution in [-0.4, -0.2) is 30.8 Å². The van der Waals surface area contributed by atoms with Gasteiger partial charge in [0.15, 0.2) is 5.89 Å². The van der Waals surface area contributed by atoms with Crippen molar-refractivity contribution in [2.45, 2.75) is 37.5 Å². The van der Waals surface area contributed by atoms with Crippen molar-refractivity contribution in [1.29, 1.82) is 0 Å². The Morgan fingerprint density at radius 1 is 1.05 bits per heavy atom. The molecule has 22 heavy (non-hydrogen) atoms. The van der Waals surface area contributed by atoms with Gasteiger partial charge in [-0.1, -0.05) is 25.0 Å². The molecule has 1 saturated heterocycles. The number of aryl methyl sites for hydroxylation is 1. The van der Waals surface area contributed by atoms with Crippen molar-refractivity contribution < 1.29 is 12.8 Å². The molecule has 5 nitrogen and oxygen atoms in total. The van der Waals surface area contributed by atoms with E-state index in [1.807, 2.05) is 0 Å². The lowest BCUT2D eigenvalue weighted by molar-refractivity contribution is 0.424. The summed E-state index contributed by atoms with van der Waals surface area (Å²) < 4.78 is 32.2. The van der Waals surface area contributed by atoms with Crippen molar-refractivity contribution in [3.05, 3.63) is 36.4 Å². The van der Waals surface area contributed by atoms with Crippen LogP contribution in [0.15, 0.2) is 39.8 Å². The molecule has 1 aliphatic rings. The highest BCUT2D eigenvalue weighted by atomic mass is 32.2. The van der Waals surface area contributed by atoms with Crippen molar-refractivity contribution in [1.82, 2.24) is 9.29 Å².